The van der Waals surface area contributed by atoms with E-state index in [0.29, 0.717) is 6.54 Å². The topological polar surface area (TPSA) is 35.6 Å². The van der Waals surface area contributed by atoms with Crippen LogP contribution < -0.4 is 5.32 Å². The molecule has 1 aliphatic rings. The van der Waals surface area contributed by atoms with E-state index >= 15 is 0 Å². The summed E-state index contributed by atoms with van der Waals surface area (Å²) >= 11 is 1.78. The molecule has 1 amide bonds. The van der Waals surface area contributed by atoms with E-state index in [1.54, 1.807) is 11.3 Å². The molecule has 0 aliphatic carbocycles. The van der Waals surface area contributed by atoms with Crippen LogP contribution in [-0.4, -0.2) is 56.5 Å². The van der Waals surface area contributed by atoms with Crippen molar-refractivity contribution < 1.29 is 4.79 Å². The van der Waals surface area contributed by atoms with Crippen LogP contribution in [0.15, 0.2) is 0 Å². The molecule has 0 aromatic carbocycles. The van der Waals surface area contributed by atoms with Gasteiger partial charge in [-0.25, -0.2) is 0 Å². The van der Waals surface area contributed by atoms with Crippen LogP contribution in [0.25, 0.3) is 0 Å². The highest BCUT2D eigenvalue weighted by Gasteiger charge is 2.24. The van der Waals surface area contributed by atoms with Gasteiger partial charge in [-0.1, -0.05) is 0 Å². The second-order valence-electron chi connectivity index (χ2n) is 5.48. The lowest BCUT2D eigenvalue weighted by Gasteiger charge is -2.22. The molecule has 0 saturated heterocycles. The zero-order valence-electron chi connectivity index (χ0n) is 12.2. The number of nitrogens with one attached hydrogen (secondary N) is 1. The minimum Gasteiger partial charge on any atom is -0.351 e. The van der Waals surface area contributed by atoms with Gasteiger partial charge >= 0.3 is 0 Å². The van der Waals surface area contributed by atoms with Gasteiger partial charge in [0.25, 0.3) is 5.91 Å². The summed E-state index contributed by atoms with van der Waals surface area (Å²) in [6.45, 7) is 5.66. The molecule has 106 valence electrons. The van der Waals surface area contributed by atoms with Gasteiger partial charge in [-0.2, -0.15) is 0 Å². The Labute approximate surface area is 119 Å². The van der Waals surface area contributed by atoms with Crippen LogP contribution in [0.3, 0.4) is 0 Å². The molecule has 2 heterocycles. The SMILES string of the molecule is Cc1sc2c(c1C(=O)NCCN(C)C)CCN(C)C2. The third-order valence-corrected chi connectivity index (χ3v) is 4.63. The molecule has 0 radical (unpaired) electrons. The predicted octanol–water partition coefficient (Wildman–Crippen LogP) is 1.34. The number of thiophene rings is 1. The average molecular weight is 281 g/mol. The molecule has 1 N–H and O–H groups in total. The minimum atomic E-state index is 0.0985. The van der Waals surface area contributed by atoms with E-state index in [2.05, 4.69) is 29.1 Å². The lowest BCUT2D eigenvalue weighted by Crippen LogP contribution is -2.33. The second-order valence-corrected chi connectivity index (χ2v) is 6.79. The molecule has 0 unspecified atom stereocenters. The Morgan fingerprint density at radius 1 is 1.47 bits per heavy atom. The van der Waals surface area contributed by atoms with Crippen molar-refractivity contribution in [2.45, 2.75) is 19.9 Å². The predicted molar refractivity (Wildman–Crippen MR) is 80.0 cm³/mol. The minimum absolute atomic E-state index is 0.0985. The molecular formula is C14H23N3OS. The summed E-state index contributed by atoms with van der Waals surface area (Å²) in [5.74, 6) is 0.0985. The van der Waals surface area contributed by atoms with E-state index in [1.165, 1.54) is 10.4 Å². The average Bonchev–Trinajstić information content (AvgIpc) is 2.63. The number of carbonyl (C=O) groups is 1. The number of hydrogen-bond donors (Lipinski definition) is 1. The smallest absolute Gasteiger partial charge is 0.252 e. The number of aryl methyl sites for hydroxylation is 1. The number of nitrogens with zero attached hydrogens (tertiary/aromatic N) is 2. The molecule has 1 aliphatic heterocycles. The van der Waals surface area contributed by atoms with Crippen LogP contribution in [0.2, 0.25) is 0 Å². The highest BCUT2D eigenvalue weighted by molar-refractivity contribution is 7.12. The van der Waals surface area contributed by atoms with Gasteiger partial charge in [-0.05, 0) is 40.1 Å². The van der Waals surface area contributed by atoms with Gasteiger partial charge in [0.1, 0.15) is 0 Å². The molecule has 0 spiro atoms. The van der Waals surface area contributed by atoms with Crippen LogP contribution in [-0.2, 0) is 13.0 Å². The van der Waals surface area contributed by atoms with E-state index in [-0.39, 0.29) is 5.91 Å². The number of rotatable bonds is 4. The molecule has 1 aromatic heterocycles. The molecule has 5 heteroatoms. The molecule has 1 aromatic rings. The summed E-state index contributed by atoms with van der Waals surface area (Å²) in [6, 6.07) is 0. The van der Waals surface area contributed by atoms with Crippen molar-refractivity contribution in [1.82, 2.24) is 15.1 Å². The zero-order valence-corrected chi connectivity index (χ0v) is 13.1. The van der Waals surface area contributed by atoms with Crippen molar-refractivity contribution >= 4 is 17.2 Å². The molecule has 0 saturated carbocycles. The maximum atomic E-state index is 12.3. The summed E-state index contributed by atoms with van der Waals surface area (Å²) < 4.78 is 0. The van der Waals surface area contributed by atoms with Crippen LogP contribution in [0.5, 0.6) is 0 Å². The molecule has 4 nitrogen and oxygen atoms in total. The molecule has 19 heavy (non-hydrogen) atoms. The van der Waals surface area contributed by atoms with Crippen LogP contribution in [0.1, 0.15) is 25.7 Å². The van der Waals surface area contributed by atoms with E-state index in [4.69, 9.17) is 0 Å². The molecule has 0 fully saturated rings. The van der Waals surface area contributed by atoms with Gasteiger partial charge in [-0.3, -0.25) is 4.79 Å². The quantitative estimate of drug-likeness (QED) is 0.904. The first kappa shape index (κ1) is 14.5. The first-order valence-corrected chi connectivity index (χ1v) is 7.53. The van der Waals surface area contributed by atoms with Crippen molar-refractivity contribution in [2.75, 3.05) is 40.8 Å². The first-order valence-electron chi connectivity index (χ1n) is 6.71. The standard InChI is InChI=1S/C14H23N3OS/c1-10-13(14(18)15-6-8-16(2)3)11-5-7-17(4)9-12(11)19-10/h5-9H2,1-4H3,(H,15,18). The van der Waals surface area contributed by atoms with Gasteiger partial charge in [-0.15, -0.1) is 11.3 Å². The monoisotopic (exact) mass is 281 g/mol. The Kier molecular flexibility index (Phi) is 4.60. The normalized spacial score (nSPS) is 15.6. The van der Waals surface area contributed by atoms with E-state index < -0.39 is 0 Å². The van der Waals surface area contributed by atoms with E-state index in [9.17, 15) is 4.79 Å². The number of amides is 1. The molecule has 0 atom stereocenters. The summed E-state index contributed by atoms with van der Waals surface area (Å²) in [4.78, 5) is 19.2. The van der Waals surface area contributed by atoms with E-state index in [1.807, 2.05) is 14.1 Å². The van der Waals surface area contributed by atoms with Crippen molar-refractivity contribution in [1.29, 1.82) is 0 Å². The Balaban J connectivity index is 2.09. The number of fused-ring (bicyclic) bond motifs is 1. The largest absolute Gasteiger partial charge is 0.351 e. The van der Waals surface area contributed by atoms with Gasteiger partial charge < -0.3 is 15.1 Å². The third-order valence-electron chi connectivity index (χ3n) is 3.50. The Hall–Kier alpha value is -0.910. The molecular weight excluding hydrogens is 258 g/mol. The van der Waals surface area contributed by atoms with Gasteiger partial charge in [0.15, 0.2) is 0 Å². The highest BCUT2D eigenvalue weighted by Crippen LogP contribution is 2.32. The summed E-state index contributed by atoms with van der Waals surface area (Å²) in [5.41, 5.74) is 2.22. The van der Waals surface area contributed by atoms with E-state index in [0.717, 1.165) is 36.5 Å². The van der Waals surface area contributed by atoms with Crippen molar-refractivity contribution in [3.05, 3.63) is 20.9 Å². The van der Waals surface area contributed by atoms with Gasteiger partial charge in [0.2, 0.25) is 0 Å². The lowest BCUT2D eigenvalue weighted by atomic mass is 10.0. The van der Waals surface area contributed by atoms with Crippen molar-refractivity contribution in [3.63, 3.8) is 0 Å². The van der Waals surface area contributed by atoms with Crippen LogP contribution in [0.4, 0.5) is 0 Å². The fraction of sp³-hybridized carbons (Fsp3) is 0.643. The van der Waals surface area contributed by atoms with Gasteiger partial charge in [0.05, 0.1) is 5.56 Å². The third kappa shape index (κ3) is 3.35. The maximum Gasteiger partial charge on any atom is 0.252 e. The summed E-state index contributed by atoms with van der Waals surface area (Å²) in [5, 5.41) is 3.03. The summed E-state index contributed by atoms with van der Waals surface area (Å²) in [6.07, 6.45) is 0.993. The van der Waals surface area contributed by atoms with Crippen molar-refractivity contribution in [3.8, 4) is 0 Å². The Morgan fingerprint density at radius 2 is 2.21 bits per heavy atom. The first-order chi connectivity index (χ1) is 8.99. The Morgan fingerprint density at radius 3 is 2.89 bits per heavy atom. The van der Waals surface area contributed by atoms with Crippen LogP contribution in [0, 0.1) is 6.92 Å². The maximum absolute atomic E-state index is 12.3. The Bertz CT molecular complexity index is 468. The molecule has 0 bridgehead atoms. The fourth-order valence-corrected chi connectivity index (χ4v) is 3.75. The zero-order chi connectivity index (χ0) is 14.0. The second kappa shape index (κ2) is 6.03. The number of likely N-dealkylation sites (N-methyl/N-ethyl adjacent to an activating group) is 2. The van der Waals surface area contributed by atoms with Crippen molar-refractivity contribution in [2.24, 2.45) is 0 Å². The lowest BCUT2D eigenvalue weighted by molar-refractivity contribution is 0.0949. The number of hydrogen-bond acceptors (Lipinski definition) is 4. The number of carbonyl (C=O) groups excluding carboxylic acids is 1. The van der Waals surface area contributed by atoms with Crippen LogP contribution >= 0.6 is 11.3 Å². The highest BCUT2D eigenvalue weighted by atomic mass is 32.1. The fourth-order valence-electron chi connectivity index (χ4n) is 2.45. The van der Waals surface area contributed by atoms with Gasteiger partial charge in [0, 0.05) is 35.9 Å². The molecule has 2 rings (SSSR count). The summed E-state index contributed by atoms with van der Waals surface area (Å²) in [7, 11) is 6.16.